The van der Waals surface area contributed by atoms with Gasteiger partial charge in [0.2, 0.25) is 0 Å². The smallest absolute Gasteiger partial charge is 0.183 e. The van der Waals surface area contributed by atoms with Crippen molar-refractivity contribution in [2.45, 2.75) is 48.8 Å². The van der Waals surface area contributed by atoms with Gasteiger partial charge in [0.05, 0.1) is 35.9 Å². The zero-order chi connectivity index (χ0) is 24.4. The highest BCUT2D eigenvalue weighted by molar-refractivity contribution is 7.96. The first-order valence-corrected chi connectivity index (χ1v) is 14.2. The number of nitrogens with one attached hydrogen (secondary N) is 1. The van der Waals surface area contributed by atoms with Gasteiger partial charge in [0.1, 0.15) is 11.5 Å². The molecular weight excluding hydrogens is 462 g/mol. The fourth-order valence-electron chi connectivity index (χ4n) is 4.10. The Morgan fingerprint density at radius 2 is 1.67 bits per heavy atom. The maximum Gasteiger partial charge on any atom is 0.183 e. The predicted octanol–water partition coefficient (Wildman–Crippen LogP) is 2.77. The normalized spacial score (nSPS) is 20.5. The Morgan fingerprint density at radius 1 is 1.00 bits per heavy atom. The standard InChI is InChI=1S/C24H33NO6S2/c1-24(2,3)18-6-9-20(10-7-18)33(28,29)23-16-32(26,27)15-21(23)25-13-12-17-14-19(30-4)8-11-22(17)31-5/h6-11,14,21,23,25H,12-13,15-16H2,1-5H3/t21-,23-/m0/s1. The van der Waals surface area contributed by atoms with Gasteiger partial charge in [-0.2, -0.15) is 0 Å². The van der Waals surface area contributed by atoms with Gasteiger partial charge >= 0.3 is 0 Å². The van der Waals surface area contributed by atoms with E-state index in [9.17, 15) is 16.8 Å². The molecule has 1 saturated heterocycles. The largest absolute Gasteiger partial charge is 0.497 e. The van der Waals surface area contributed by atoms with Gasteiger partial charge in [-0.3, -0.25) is 0 Å². The monoisotopic (exact) mass is 495 g/mol. The zero-order valence-corrected chi connectivity index (χ0v) is 21.4. The van der Waals surface area contributed by atoms with Crippen LogP contribution in [0.1, 0.15) is 31.9 Å². The van der Waals surface area contributed by atoms with Crippen molar-refractivity contribution in [2.75, 3.05) is 32.3 Å². The Bertz CT molecular complexity index is 1180. The molecule has 0 saturated carbocycles. The van der Waals surface area contributed by atoms with Crippen LogP contribution in [-0.2, 0) is 31.5 Å². The fourth-order valence-corrected chi connectivity index (χ4v) is 8.82. The van der Waals surface area contributed by atoms with Crippen molar-refractivity contribution in [3.8, 4) is 11.5 Å². The molecule has 1 heterocycles. The second-order valence-corrected chi connectivity index (χ2v) is 13.7. The van der Waals surface area contributed by atoms with Gasteiger partial charge in [0.15, 0.2) is 19.7 Å². The van der Waals surface area contributed by atoms with Crippen molar-refractivity contribution >= 4 is 19.7 Å². The van der Waals surface area contributed by atoms with Gasteiger partial charge in [-0.15, -0.1) is 0 Å². The highest BCUT2D eigenvalue weighted by Crippen LogP contribution is 2.29. The summed E-state index contributed by atoms with van der Waals surface area (Å²) >= 11 is 0. The van der Waals surface area contributed by atoms with Crippen LogP contribution < -0.4 is 14.8 Å². The summed E-state index contributed by atoms with van der Waals surface area (Å²) in [6.07, 6.45) is 0.532. The van der Waals surface area contributed by atoms with E-state index < -0.39 is 31.0 Å². The molecule has 2 atom stereocenters. The Hall–Kier alpha value is -2.10. The summed E-state index contributed by atoms with van der Waals surface area (Å²) in [5.74, 6) is 0.802. The maximum atomic E-state index is 13.4. The first-order chi connectivity index (χ1) is 15.4. The highest BCUT2D eigenvalue weighted by Gasteiger charge is 2.45. The van der Waals surface area contributed by atoms with Crippen molar-refractivity contribution < 1.29 is 26.3 Å². The summed E-state index contributed by atoms with van der Waals surface area (Å²) in [5.41, 5.74) is 1.80. The van der Waals surface area contributed by atoms with E-state index in [1.54, 1.807) is 44.6 Å². The summed E-state index contributed by atoms with van der Waals surface area (Å²) in [5, 5.41) is 2.15. The zero-order valence-electron chi connectivity index (χ0n) is 19.8. The lowest BCUT2D eigenvalue weighted by molar-refractivity contribution is 0.398. The molecule has 1 fully saturated rings. The topological polar surface area (TPSA) is 98.8 Å². The molecule has 182 valence electrons. The third kappa shape index (κ3) is 5.88. The lowest BCUT2D eigenvalue weighted by Gasteiger charge is -2.22. The first-order valence-electron chi connectivity index (χ1n) is 10.9. The third-order valence-electron chi connectivity index (χ3n) is 6.04. The minimum absolute atomic E-state index is 0.107. The van der Waals surface area contributed by atoms with Crippen molar-refractivity contribution in [1.29, 1.82) is 0 Å². The number of methoxy groups -OCH3 is 2. The van der Waals surface area contributed by atoms with Crippen LogP contribution in [-0.4, -0.2) is 60.4 Å². The molecule has 1 aliphatic heterocycles. The van der Waals surface area contributed by atoms with Crippen LogP contribution in [0.5, 0.6) is 11.5 Å². The van der Waals surface area contributed by atoms with Crippen LogP contribution in [0.25, 0.3) is 0 Å². The summed E-state index contributed by atoms with van der Waals surface area (Å²) < 4.78 is 62.2. The van der Waals surface area contributed by atoms with Gasteiger partial charge in [-0.1, -0.05) is 32.9 Å². The molecule has 33 heavy (non-hydrogen) atoms. The van der Waals surface area contributed by atoms with Gasteiger partial charge in [-0.25, -0.2) is 16.8 Å². The highest BCUT2D eigenvalue weighted by atomic mass is 32.2. The van der Waals surface area contributed by atoms with Crippen LogP contribution in [0, 0.1) is 0 Å². The van der Waals surface area contributed by atoms with Gasteiger partial charge in [0.25, 0.3) is 0 Å². The van der Waals surface area contributed by atoms with E-state index in [1.165, 1.54) is 0 Å². The van der Waals surface area contributed by atoms with E-state index >= 15 is 0 Å². The Morgan fingerprint density at radius 3 is 2.24 bits per heavy atom. The summed E-state index contributed by atoms with van der Waals surface area (Å²) in [4.78, 5) is 0.152. The SMILES string of the molecule is COc1ccc(OC)c(CCN[C@H]2CS(=O)(=O)C[C@@H]2S(=O)(=O)c2ccc(C(C)(C)C)cc2)c1. The Kier molecular flexibility index (Phi) is 7.45. The van der Waals surface area contributed by atoms with Crippen molar-refractivity contribution in [2.24, 2.45) is 0 Å². The molecule has 1 aliphatic rings. The lowest BCUT2D eigenvalue weighted by atomic mass is 9.87. The van der Waals surface area contributed by atoms with Crippen molar-refractivity contribution in [3.63, 3.8) is 0 Å². The summed E-state index contributed by atoms with van der Waals surface area (Å²) in [6, 6.07) is 11.5. The molecule has 0 aliphatic carbocycles. The lowest BCUT2D eigenvalue weighted by Crippen LogP contribution is -2.44. The van der Waals surface area contributed by atoms with Gasteiger partial charge in [-0.05, 0) is 59.8 Å². The Balaban J connectivity index is 1.78. The molecule has 0 bridgehead atoms. The minimum Gasteiger partial charge on any atom is -0.497 e. The summed E-state index contributed by atoms with van der Waals surface area (Å²) in [7, 11) is -4.14. The Labute approximate surface area is 197 Å². The molecule has 0 spiro atoms. The number of hydrogen-bond donors (Lipinski definition) is 1. The van der Waals surface area contributed by atoms with Crippen molar-refractivity contribution in [1.82, 2.24) is 5.32 Å². The van der Waals surface area contributed by atoms with Crippen LogP contribution in [0.15, 0.2) is 47.4 Å². The number of benzene rings is 2. The van der Waals surface area contributed by atoms with E-state index in [0.29, 0.717) is 24.5 Å². The third-order valence-corrected chi connectivity index (χ3v) is 10.2. The fraction of sp³-hybridized carbons (Fsp3) is 0.500. The second kappa shape index (κ2) is 9.64. The molecule has 0 aromatic heterocycles. The number of sulfone groups is 2. The van der Waals surface area contributed by atoms with Crippen LogP contribution in [0.4, 0.5) is 0 Å². The molecule has 1 N–H and O–H groups in total. The number of hydrogen-bond acceptors (Lipinski definition) is 7. The first kappa shape index (κ1) is 25.5. The number of rotatable bonds is 8. The molecule has 0 amide bonds. The maximum absolute atomic E-state index is 13.4. The average molecular weight is 496 g/mol. The average Bonchev–Trinajstić information content (AvgIpc) is 3.08. The summed E-state index contributed by atoms with van der Waals surface area (Å²) in [6.45, 7) is 6.56. The molecule has 3 rings (SSSR count). The molecule has 2 aromatic rings. The molecule has 9 heteroatoms. The van der Waals surface area contributed by atoms with Crippen LogP contribution >= 0.6 is 0 Å². The van der Waals surface area contributed by atoms with Gasteiger partial charge in [0, 0.05) is 6.04 Å². The minimum atomic E-state index is -3.83. The second-order valence-electron chi connectivity index (χ2n) is 9.42. The van der Waals surface area contributed by atoms with Crippen LogP contribution in [0.2, 0.25) is 0 Å². The van der Waals surface area contributed by atoms with E-state index in [1.807, 2.05) is 12.1 Å². The molecule has 0 radical (unpaired) electrons. The number of ether oxygens (including phenoxy) is 2. The van der Waals surface area contributed by atoms with Gasteiger partial charge < -0.3 is 14.8 Å². The van der Waals surface area contributed by atoms with E-state index in [0.717, 1.165) is 11.1 Å². The quantitative estimate of drug-likeness (QED) is 0.601. The van der Waals surface area contributed by atoms with E-state index in [-0.39, 0.29) is 21.8 Å². The van der Waals surface area contributed by atoms with Crippen molar-refractivity contribution in [3.05, 3.63) is 53.6 Å². The predicted molar refractivity (Wildman–Crippen MR) is 130 cm³/mol. The molecular formula is C24H33NO6S2. The van der Waals surface area contributed by atoms with Crippen LogP contribution in [0.3, 0.4) is 0 Å². The molecule has 0 unspecified atom stereocenters. The van der Waals surface area contributed by atoms with E-state index in [2.05, 4.69) is 26.1 Å². The molecule has 2 aromatic carbocycles. The van der Waals surface area contributed by atoms with E-state index in [4.69, 9.17) is 9.47 Å². The molecule has 7 nitrogen and oxygen atoms in total.